The molecular weight excluding hydrogens is 436 g/mol. The number of hydrogen-bond donors (Lipinski definition) is 0. The van der Waals surface area contributed by atoms with Crippen LogP contribution in [0.25, 0.3) is 0 Å². The summed E-state index contributed by atoms with van der Waals surface area (Å²) in [6.07, 6.45) is 2.39. The van der Waals surface area contributed by atoms with Crippen molar-refractivity contribution in [2.45, 2.75) is 33.2 Å². The Hall–Kier alpha value is -2.32. The van der Waals surface area contributed by atoms with Crippen LogP contribution in [0.15, 0.2) is 30.5 Å². The Morgan fingerprint density at radius 2 is 1.84 bits per heavy atom. The van der Waals surface area contributed by atoms with E-state index in [1.54, 1.807) is 23.1 Å². The SMILES string of the molecule is Cc1cnc(N2CCN(C(=O)c3ccc(Cl)cc3N3[C@H](C)CCS3(=O)=O)CC2)c(C)c1. The number of carbonyl (C=O) groups is 1. The average Bonchev–Trinajstić information content (AvgIpc) is 3.00. The Bertz CT molecular complexity index is 1110. The number of aromatic nitrogens is 1. The molecule has 0 aliphatic carbocycles. The van der Waals surface area contributed by atoms with Crippen LogP contribution in [0.5, 0.6) is 0 Å². The number of carbonyl (C=O) groups excluding carboxylic acids is 1. The van der Waals surface area contributed by atoms with E-state index in [2.05, 4.69) is 16.0 Å². The van der Waals surface area contributed by atoms with Crippen LogP contribution >= 0.6 is 11.6 Å². The highest BCUT2D eigenvalue weighted by atomic mass is 35.5. The Kier molecular flexibility index (Phi) is 5.87. The van der Waals surface area contributed by atoms with Gasteiger partial charge in [-0.1, -0.05) is 17.7 Å². The van der Waals surface area contributed by atoms with Gasteiger partial charge in [0, 0.05) is 43.4 Å². The van der Waals surface area contributed by atoms with Crippen LogP contribution in [0, 0.1) is 13.8 Å². The number of sulfonamides is 1. The summed E-state index contributed by atoms with van der Waals surface area (Å²) < 4.78 is 26.6. The lowest BCUT2D eigenvalue weighted by molar-refractivity contribution is 0.0747. The van der Waals surface area contributed by atoms with Gasteiger partial charge < -0.3 is 9.80 Å². The highest BCUT2D eigenvalue weighted by molar-refractivity contribution is 7.93. The third-order valence-electron chi connectivity index (χ3n) is 5.97. The molecule has 2 aliphatic rings. The number of hydrogen-bond acceptors (Lipinski definition) is 5. The summed E-state index contributed by atoms with van der Waals surface area (Å²) in [5.74, 6) is 0.853. The molecule has 1 aromatic carbocycles. The number of halogens is 1. The molecular formula is C22H27ClN4O3S. The minimum Gasteiger partial charge on any atom is -0.353 e. The highest BCUT2D eigenvalue weighted by Crippen LogP contribution is 2.34. The van der Waals surface area contributed by atoms with Crippen molar-refractivity contribution in [2.24, 2.45) is 0 Å². The van der Waals surface area contributed by atoms with Crippen LogP contribution in [0.4, 0.5) is 11.5 Å². The molecule has 0 spiro atoms. The minimum absolute atomic E-state index is 0.0793. The van der Waals surface area contributed by atoms with E-state index in [4.69, 9.17) is 11.6 Å². The summed E-state index contributed by atoms with van der Waals surface area (Å²) in [6.45, 7) is 8.34. The van der Waals surface area contributed by atoms with E-state index in [0.717, 1.165) is 16.9 Å². The lowest BCUT2D eigenvalue weighted by atomic mass is 10.1. The maximum atomic E-state index is 13.4. The predicted octanol–water partition coefficient (Wildman–Crippen LogP) is 3.24. The second kappa shape index (κ2) is 8.31. The van der Waals surface area contributed by atoms with E-state index >= 15 is 0 Å². The van der Waals surface area contributed by atoms with E-state index in [-0.39, 0.29) is 17.7 Å². The van der Waals surface area contributed by atoms with Gasteiger partial charge in [-0.05, 0) is 56.5 Å². The fourth-order valence-corrected chi connectivity index (χ4v) is 6.50. The van der Waals surface area contributed by atoms with Gasteiger partial charge in [-0.15, -0.1) is 0 Å². The van der Waals surface area contributed by atoms with Crippen molar-refractivity contribution in [1.82, 2.24) is 9.88 Å². The van der Waals surface area contributed by atoms with Crippen LogP contribution in [-0.2, 0) is 10.0 Å². The molecule has 2 fully saturated rings. The Morgan fingerprint density at radius 1 is 1.13 bits per heavy atom. The molecule has 2 aliphatic heterocycles. The molecule has 0 bridgehead atoms. The maximum absolute atomic E-state index is 13.4. The van der Waals surface area contributed by atoms with Crippen molar-refractivity contribution >= 4 is 39.0 Å². The lowest BCUT2D eigenvalue weighted by Gasteiger charge is -2.36. The van der Waals surface area contributed by atoms with E-state index in [1.807, 2.05) is 27.0 Å². The van der Waals surface area contributed by atoms with Gasteiger partial charge in [0.15, 0.2) is 0 Å². The van der Waals surface area contributed by atoms with E-state index < -0.39 is 10.0 Å². The van der Waals surface area contributed by atoms with Crippen molar-refractivity contribution in [1.29, 1.82) is 0 Å². The van der Waals surface area contributed by atoms with Gasteiger partial charge in [0.25, 0.3) is 5.91 Å². The van der Waals surface area contributed by atoms with Crippen LogP contribution in [0.2, 0.25) is 5.02 Å². The first-order chi connectivity index (χ1) is 14.7. The molecule has 1 amide bonds. The molecule has 0 N–H and O–H groups in total. The van der Waals surface area contributed by atoms with Gasteiger partial charge >= 0.3 is 0 Å². The summed E-state index contributed by atoms with van der Waals surface area (Å²) in [5, 5.41) is 0.409. The average molecular weight is 463 g/mol. The first-order valence-electron chi connectivity index (χ1n) is 10.5. The lowest BCUT2D eigenvalue weighted by Crippen LogP contribution is -2.49. The van der Waals surface area contributed by atoms with E-state index in [9.17, 15) is 13.2 Å². The topological polar surface area (TPSA) is 73.8 Å². The van der Waals surface area contributed by atoms with Crippen molar-refractivity contribution in [3.8, 4) is 0 Å². The van der Waals surface area contributed by atoms with E-state index in [0.29, 0.717) is 48.9 Å². The van der Waals surface area contributed by atoms with Crippen molar-refractivity contribution < 1.29 is 13.2 Å². The zero-order valence-electron chi connectivity index (χ0n) is 18.0. The molecule has 4 rings (SSSR count). The first-order valence-corrected chi connectivity index (χ1v) is 12.5. The Labute approximate surface area is 188 Å². The quantitative estimate of drug-likeness (QED) is 0.700. The number of nitrogens with zero attached hydrogens (tertiary/aromatic N) is 4. The summed E-state index contributed by atoms with van der Waals surface area (Å²) in [5.41, 5.74) is 2.99. The predicted molar refractivity (Wildman–Crippen MR) is 124 cm³/mol. The summed E-state index contributed by atoms with van der Waals surface area (Å²) >= 11 is 6.18. The smallest absolute Gasteiger partial charge is 0.256 e. The molecule has 1 aromatic heterocycles. The Morgan fingerprint density at radius 3 is 2.45 bits per heavy atom. The molecule has 0 unspecified atom stereocenters. The largest absolute Gasteiger partial charge is 0.353 e. The molecule has 31 heavy (non-hydrogen) atoms. The zero-order valence-corrected chi connectivity index (χ0v) is 19.6. The molecule has 2 aromatic rings. The van der Waals surface area contributed by atoms with Crippen LogP contribution in [0.1, 0.15) is 34.8 Å². The van der Waals surface area contributed by atoms with Crippen molar-refractivity contribution in [3.63, 3.8) is 0 Å². The molecule has 9 heteroatoms. The molecule has 0 saturated carbocycles. The number of piperazine rings is 1. The minimum atomic E-state index is -3.46. The second-order valence-electron chi connectivity index (χ2n) is 8.34. The molecule has 7 nitrogen and oxygen atoms in total. The molecule has 0 radical (unpaired) electrons. The van der Waals surface area contributed by atoms with Gasteiger partial charge in [0.05, 0.1) is 17.0 Å². The summed E-state index contributed by atoms with van der Waals surface area (Å²) in [7, 11) is -3.46. The molecule has 166 valence electrons. The number of aryl methyl sites for hydroxylation is 2. The number of amides is 1. The van der Waals surface area contributed by atoms with Crippen molar-refractivity contribution in [2.75, 3.05) is 41.1 Å². The van der Waals surface area contributed by atoms with Crippen LogP contribution in [-0.4, -0.2) is 62.2 Å². The number of pyridine rings is 1. The first kappa shape index (κ1) is 21.9. The van der Waals surface area contributed by atoms with Crippen LogP contribution < -0.4 is 9.21 Å². The van der Waals surface area contributed by atoms with Gasteiger partial charge in [-0.2, -0.15) is 0 Å². The standard InChI is InChI=1S/C22H27ClN4O3S/c1-15-12-16(2)21(24-14-15)25-7-9-26(10-8-25)22(28)19-5-4-18(23)13-20(19)27-17(3)6-11-31(27,29)30/h4-5,12-14,17H,6-11H2,1-3H3/t17-/m1/s1. The third-order valence-corrected chi connectivity index (χ3v) is 8.12. The molecule has 3 heterocycles. The van der Waals surface area contributed by atoms with Crippen LogP contribution in [0.3, 0.4) is 0 Å². The molecule has 2 saturated heterocycles. The Balaban J connectivity index is 1.56. The zero-order chi connectivity index (χ0) is 22.3. The monoisotopic (exact) mass is 462 g/mol. The summed E-state index contributed by atoms with van der Waals surface area (Å²) in [6, 6.07) is 6.77. The summed E-state index contributed by atoms with van der Waals surface area (Å²) in [4.78, 5) is 21.9. The number of benzene rings is 1. The maximum Gasteiger partial charge on any atom is 0.256 e. The normalized spacial score (nSPS) is 20.9. The van der Waals surface area contributed by atoms with Gasteiger partial charge in [0.2, 0.25) is 10.0 Å². The van der Waals surface area contributed by atoms with Crippen molar-refractivity contribution in [3.05, 3.63) is 52.2 Å². The molecule has 1 atom stereocenters. The fraction of sp³-hybridized carbons (Fsp3) is 0.455. The number of anilines is 2. The van der Waals surface area contributed by atoms with Gasteiger partial charge in [-0.25, -0.2) is 13.4 Å². The van der Waals surface area contributed by atoms with Gasteiger partial charge in [-0.3, -0.25) is 9.10 Å². The highest BCUT2D eigenvalue weighted by Gasteiger charge is 2.37. The fourth-order valence-electron chi connectivity index (χ4n) is 4.40. The third kappa shape index (κ3) is 4.23. The number of rotatable bonds is 3. The van der Waals surface area contributed by atoms with Gasteiger partial charge in [0.1, 0.15) is 5.82 Å². The van der Waals surface area contributed by atoms with E-state index in [1.165, 1.54) is 4.31 Å². The second-order valence-corrected chi connectivity index (χ2v) is 10.7.